The van der Waals surface area contributed by atoms with Gasteiger partial charge in [0.25, 0.3) is 0 Å². The van der Waals surface area contributed by atoms with E-state index in [0.717, 1.165) is 9.80 Å². The van der Waals surface area contributed by atoms with Crippen LogP contribution in [0.5, 0.6) is 0 Å². The van der Waals surface area contributed by atoms with Crippen molar-refractivity contribution in [1.29, 1.82) is 0 Å². The van der Waals surface area contributed by atoms with Crippen LogP contribution >= 0.6 is 0 Å². The van der Waals surface area contributed by atoms with Crippen LogP contribution in [-0.2, 0) is 19.2 Å². The fraction of sp³-hybridized carbons (Fsp3) is 0.429. The Kier molecular flexibility index (Phi) is 8.08. The number of likely N-dealkylation sites (N-methyl/N-ethyl adjacent to an activating group) is 1. The molecule has 2 fully saturated rings. The minimum Gasteiger partial charge on any atom is -0.343 e. The minimum atomic E-state index is -1.42. The number of hydrogen-bond acceptors (Lipinski definition) is 4. The van der Waals surface area contributed by atoms with Gasteiger partial charge in [-0.15, -0.1) is 0 Å². The largest absolute Gasteiger partial charge is 0.343 e. The van der Waals surface area contributed by atoms with Crippen LogP contribution in [0.1, 0.15) is 48.9 Å². The summed E-state index contributed by atoms with van der Waals surface area (Å²) in [5.74, 6) is -2.30. The van der Waals surface area contributed by atoms with E-state index in [0.29, 0.717) is 16.7 Å². The highest BCUT2D eigenvalue weighted by atomic mass is 19.1. The second-order valence-corrected chi connectivity index (χ2v) is 10.2. The molecule has 4 amide bonds. The molecule has 2 heterocycles. The molecule has 0 bridgehead atoms. The van der Waals surface area contributed by atoms with Crippen molar-refractivity contribution in [2.75, 3.05) is 33.2 Å². The molecular formula is C28H32F2N4O4. The van der Waals surface area contributed by atoms with E-state index in [1.807, 2.05) is 19.9 Å². The van der Waals surface area contributed by atoms with Crippen LogP contribution in [0.4, 0.5) is 8.78 Å². The van der Waals surface area contributed by atoms with Gasteiger partial charge >= 0.3 is 0 Å². The van der Waals surface area contributed by atoms with Gasteiger partial charge in [-0.1, -0.05) is 56.3 Å². The van der Waals surface area contributed by atoms with E-state index in [9.17, 15) is 28.0 Å². The second kappa shape index (κ2) is 11.3. The first-order chi connectivity index (χ1) is 18.0. The normalized spacial score (nSPS) is 20.7. The predicted molar refractivity (Wildman–Crippen MR) is 136 cm³/mol. The molecule has 2 aromatic carbocycles. The van der Waals surface area contributed by atoms with Gasteiger partial charge < -0.3 is 20.0 Å². The Morgan fingerprint density at radius 3 is 2.39 bits per heavy atom. The Bertz CT molecular complexity index is 1220. The minimum absolute atomic E-state index is 0.0177. The molecule has 0 unspecified atom stereocenters. The van der Waals surface area contributed by atoms with Crippen molar-refractivity contribution in [3.8, 4) is 0 Å². The van der Waals surface area contributed by atoms with Crippen LogP contribution in [0.3, 0.4) is 0 Å². The van der Waals surface area contributed by atoms with E-state index < -0.39 is 42.5 Å². The molecule has 0 aromatic heterocycles. The number of nitrogens with zero attached hydrogens (tertiary/aromatic N) is 3. The highest BCUT2D eigenvalue weighted by molar-refractivity contribution is 5.96. The zero-order chi connectivity index (χ0) is 27.6. The highest BCUT2D eigenvalue weighted by Crippen LogP contribution is 2.28. The molecule has 2 aromatic rings. The molecule has 2 saturated heterocycles. The van der Waals surface area contributed by atoms with Crippen LogP contribution in [-0.4, -0.2) is 83.8 Å². The first-order valence-electron chi connectivity index (χ1n) is 12.6. The lowest BCUT2D eigenvalue weighted by molar-refractivity contribution is -0.152. The summed E-state index contributed by atoms with van der Waals surface area (Å²) < 4.78 is 29.4. The maximum atomic E-state index is 14.9. The summed E-state index contributed by atoms with van der Waals surface area (Å²) in [5.41, 5.74) is 1.77. The number of amides is 4. The topological polar surface area (TPSA) is 90.0 Å². The van der Waals surface area contributed by atoms with Gasteiger partial charge in [0, 0.05) is 13.5 Å². The van der Waals surface area contributed by atoms with Gasteiger partial charge in [-0.2, -0.15) is 0 Å². The zero-order valence-electron chi connectivity index (χ0n) is 21.7. The van der Waals surface area contributed by atoms with Crippen molar-refractivity contribution in [3.05, 3.63) is 71.0 Å². The van der Waals surface area contributed by atoms with Crippen LogP contribution in [0.25, 0.3) is 0 Å². The molecule has 0 radical (unpaired) electrons. The molecule has 0 aliphatic carbocycles. The number of piperazine rings is 1. The number of rotatable bonds is 7. The Balaban J connectivity index is 1.55. The molecular weight excluding hydrogens is 494 g/mol. The molecule has 10 heteroatoms. The quantitative estimate of drug-likeness (QED) is 0.600. The third-order valence-electron chi connectivity index (χ3n) is 7.08. The van der Waals surface area contributed by atoms with Crippen molar-refractivity contribution in [2.45, 2.75) is 44.4 Å². The Hall–Kier alpha value is -3.82. The van der Waals surface area contributed by atoms with Gasteiger partial charge in [-0.05, 0) is 28.7 Å². The molecule has 3 atom stereocenters. The maximum absolute atomic E-state index is 14.9. The van der Waals surface area contributed by atoms with E-state index in [4.69, 9.17) is 0 Å². The lowest BCUT2D eigenvalue weighted by atomic mass is 9.94. The number of hydrogen-bond donors (Lipinski definition) is 1. The molecule has 1 N–H and O–H groups in total. The standard InChI is InChI=1S/C28H32F2N4O4/c1-17(2)21-10-9-19(11-22(21)30)27(18-7-5-4-6-8-18)31-28(38)23-12-20(29)13-34(23)26(37)16-33-15-24(35)32(3)14-25(33)36/h4-11,17,20,23,27H,12-16H2,1-3H3,(H,31,38)/t20-,23+,27+/m1/s1. The molecule has 38 heavy (non-hydrogen) atoms. The lowest BCUT2D eigenvalue weighted by Gasteiger charge is -2.33. The summed E-state index contributed by atoms with van der Waals surface area (Å²) in [4.78, 5) is 54.4. The van der Waals surface area contributed by atoms with Crippen LogP contribution in [0.15, 0.2) is 48.5 Å². The fourth-order valence-corrected chi connectivity index (χ4v) is 4.90. The van der Waals surface area contributed by atoms with Crippen molar-refractivity contribution in [2.24, 2.45) is 0 Å². The van der Waals surface area contributed by atoms with Gasteiger partial charge in [-0.25, -0.2) is 8.78 Å². The molecule has 2 aliphatic heterocycles. The summed E-state index contributed by atoms with van der Waals surface area (Å²) in [7, 11) is 1.50. The average molecular weight is 527 g/mol. The molecule has 0 saturated carbocycles. The van der Waals surface area contributed by atoms with Crippen molar-refractivity contribution in [1.82, 2.24) is 20.0 Å². The number of nitrogens with one attached hydrogen (secondary N) is 1. The number of carbonyl (C=O) groups is 4. The number of alkyl halides is 1. The van der Waals surface area contributed by atoms with E-state index in [1.54, 1.807) is 36.4 Å². The monoisotopic (exact) mass is 526 g/mol. The van der Waals surface area contributed by atoms with Gasteiger partial charge in [0.2, 0.25) is 23.6 Å². The Morgan fingerprint density at radius 2 is 1.74 bits per heavy atom. The zero-order valence-corrected chi connectivity index (χ0v) is 21.7. The fourth-order valence-electron chi connectivity index (χ4n) is 4.90. The Labute approximate surface area is 220 Å². The van der Waals surface area contributed by atoms with Gasteiger partial charge in [0.05, 0.1) is 19.1 Å². The molecule has 202 valence electrons. The van der Waals surface area contributed by atoms with Gasteiger partial charge in [-0.3, -0.25) is 19.2 Å². The third-order valence-corrected chi connectivity index (χ3v) is 7.08. The van der Waals surface area contributed by atoms with Gasteiger partial charge in [0.1, 0.15) is 31.1 Å². The summed E-state index contributed by atoms with van der Waals surface area (Å²) in [5, 5.41) is 2.89. The van der Waals surface area contributed by atoms with E-state index in [2.05, 4.69) is 5.32 Å². The molecule has 4 rings (SSSR count). The first-order valence-corrected chi connectivity index (χ1v) is 12.6. The smallest absolute Gasteiger partial charge is 0.243 e. The van der Waals surface area contributed by atoms with E-state index >= 15 is 0 Å². The van der Waals surface area contributed by atoms with Crippen molar-refractivity contribution < 1.29 is 28.0 Å². The van der Waals surface area contributed by atoms with Crippen molar-refractivity contribution >= 4 is 23.6 Å². The number of likely N-dealkylation sites (tertiary alicyclic amines) is 1. The summed E-state index contributed by atoms with van der Waals surface area (Å²) in [6.07, 6.45) is -1.62. The maximum Gasteiger partial charge on any atom is 0.243 e. The lowest BCUT2D eigenvalue weighted by Crippen LogP contribution is -2.56. The summed E-state index contributed by atoms with van der Waals surface area (Å²) in [6, 6.07) is 12.0. The summed E-state index contributed by atoms with van der Waals surface area (Å²) >= 11 is 0. The van der Waals surface area contributed by atoms with E-state index in [-0.39, 0.29) is 43.7 Å². The van der Waals surface area contributed by atoms with Crippen molar-refractivity contribution in [3.63, 3.8) is 0 Å². The molecule has 0 spiro atoms. The molecule has 8 nitrogen and oxygen atoms in total. The second-order valence-electron chi connectivity index (χ2n) is 10.2. The number of benzene rings is 2. The summed E-state index contributed by atoms with van der Waals surface area (Å²) in [6.45, 7) is 2.67. The van der Waals surface area contributed by atoms with Crippen LogP contribution < -0.4 is 5.32 Å². The predicted octanol–water partition coefficient (Wildman–Crippen LogP) is 2.39. The first kappa shape index (κ1) is 27.2. The highest BCUT2D eigenvalue weighted by Gasteiger charge is 2.42. The van der Waals surface area contributed by atoms with Crippen LogP contribution in [0.2, 0.25) is 0 Å². The number of carbonyl (C=O) groups excluding carboxylic acids is 4. The third kappa shape index (κ3) is 5.84. The van der Waals surface area contributed by atoms with E-state index in [1.165, 1.54) is 18.0 Å². The SMILES string of the molecule is CC(C)c1ccc([C@@H](NC(=O)[C@@H]2C[C@@H](F)CN2C(=O)CN2CC(=O)N(C)CC2=O)c2ccccc2)cc1F. The number of halogens is 2. The Morgan fingerprint density at radius 1 is 1.03 bits per heavy atom. The van der Waals surface area contributed by atoms with Crippen LogP contribution in [0, 0.1) is 5.82 Å². The average Bonchev–Trinajstić information content (AvgIpc) is 3.28. The van der Waals surface area contributed by atoms with Gasteiger partial charge in [0.15, 0.2) is 0 Å². The molecule has 2 aliphatic rings.